The highest BCUT2D eigenvalue weighted by atomic mass is 35.5. The smallest absolute Gasteiger partial charge is 0.0453 e. The molecule has 0 amide bonds. The van der Waals surface area contributed by atoms with Gasteiger partial charge >= 0.3 is 0 Å². The largest absolute Gasteiger partial charge is 0.313 e. The minimum atomic E-state index is 0.269. The van der Waals surface area contributed by atoms with Crippen molar-refractivity contribution in [3.63, 3.8) is 0 Å². The topological polar surface area (TPSA) is 15.3 Å². The summed E-state index contributed by atoms with van der Waals surface area (Å²) < 4.78 is 0. The molecule has 0 aliphatic carbocycles. The molecule has 0 aliphatic heterocycles. The van der Waals surface area contributed by atoms with Gasteiger partial charge < -0.3 is 5.32 Å². The van der Waals surface area contributed by atoms with E-state index in [1.54, 1.807) is 0 Å². The predicted octanol–water partition coefficient (Wildman–Crippen LogP) is 3.66. The summed E-state index contributed by atoms with van der Waals surface area (Å²) in [4.78, 5) is 2.31. The zero-order valence-corrected chi connectivity index (χ0v) is 12.4. The normalized spacial score (nSPS) is 12.4. The van der Waals surface area contributed by atoms with E-state index in [1.165, 1.54) is 0 Å². The van der Waals surface area contributed by atoms with Crippen molar-refractivity contribution in [3.05, 3.63) is 60.2 Å². The molecule has 1 aromatic carbocycles. The molecule has 1 atom stereocenters. The van der Waals surface area contributed by atoms with E-state index in [2.05, 4.69) is 29.4 Å². The zero-order valence-electron chi connectivity index (χ0n) is 11.6. The molecule has 1 aromatic rings. The Hall–Kier alpha value is -1.09. The van der Waals surface area contributed by atoms with Crippen molar-refractivity contribution in [1.29, 1.82) is 0 Å². The number of nitrogens with zero attached hydrogens (tertiary/aromatic N) is 1. The van der Waals surface area contributed by atoms with Gasteiger partial charge in [0.1, 0.15) is 0 Å². The maximum atomic E-state index is 6.25. The van der Waals surface area contributed by atoms with Crippen molar-refractivity contribution in [1.82, 2.24) is 10.2 Å². The standard InChI is InChI=1S/C16H23ClN2/c1-4-11-19(12-5-2)13-10-16(18-3)14-8-6-7-9-15(14)17/h4-9,16,18H,1-2,10-13H2,3H3. The first-order valence-electron chi connectivity index (χ1n) is 6.58. The highest BCUT2D eigenvalue weighted by Gasteiger charge is 2.13. The number of benzene rings is 1. The SMILES string of the molecule is C=CCN(CC=C)CCC(NC)c1ccccc1Cl. The fourth-order valence-electron chi connectivity index (χ4n) is 2.15. The average molecular weight is 279 g/mol. The van der Waals surface area contributed by atoms with Crippen LogP contribution in [-0.2, 0) is 0 Å². The Bertz CT molecular complexity index is 393. The van der Waals surface area contributed by atoms with Crippen molar-refractivity contribution in [2.75, 3.05) is 26.7 Å². The molecule has 0 aromatic heterocycles. The summed E-state index contributed by atoms with van der Waals surface area (Å²) in [6.07, 6.45) is 4.85. The van der Waals surface area contributed by atoms with Gasteiger partial charge in [-0.15, -0.1) is 13.2 Å². The second-order valence-corrected chi connectivity index (χ2v) is 4.90. The van der Waals surface area contributed by atoms with Crippen LogP contribution >= 0.6 is 11.6 Å². The van der Waals surface area contributed by atoms with Crippen molar-refractivity contribution < 1.29 is 0 Å². The monoisotopic (exact) mass is 278 g/mol. The van der Waals surface area contributed by atoms with Crippen LogP contribution in [-0.4, -0.2) is 31.6 Å². The van der Waals surface area contributed by atoms with E-state index in [0.717, 1.165) is 36.6 Å². The molecule has 0 bridgehead atoms. The van der Waals surface area contributed by atoms with Gasteiger partial charge in [-0.25, -0.2) is 0 Å². The van der Waals surface area contributed by atoms with Gasteiger partial charge in [0.05, 0.1) is 0 Å². The van der Waals surface area contributed by atoms with Crippen LogP contribution in [0.15, 0.2) is 49.6 Å². The first-order valence-corrected chi connectivity index (χ1v) is 6.96. The maximum absolute atomic E-state index is 6.25. The maximum Gasteiger partial charge on any atom is 0.0453 e. The molecule has 3 heteroatoms. The number of halogens is 1. The van der Waals surface area contributed by atoms with Crippen LogP contribution in [0, 0.1) is 0 Å². The van der Waals surface area contributed by atoms with Gasteiger partial charge in [-0.1, -0.05) is 42.0 Å². The number of rotatable bonds is 9. The molecule has 2 nitrogen and oxygen atoms in total. The summed E-state index contributed by atoms with van der Waals surface area (Å²) in [7, 11) is 1.97. The van der Waals surface area contributed by atoms with Gasteiger partial charge in [0, 0.05) is 30.7 Å². The summed E-state index contributed by atoms with van der Waals surface area (Å²) in [5.41, 5.74) is 1.16. The molecule has 0 radical (unpaired) electrons. The third kappa shape index (κ3) is 5.19. The van der Waals surface area contributed by atoms with Crippen LogP contribution in [0.3, 0.4) is 0 Å². The summed E-state index contributed by atoms with van der Waals surface area (Å²) in [5, 5.41) is 4.16. The van der Waals surface area contributed by atoms with Crippen LogP contribution in [0.5, 0.6) is 0 Å². The molecule has 0 saturated carbocycles. The summed E-state index contributed by atoms with van der Waals surface area (Å²) in [6, 6.07) is 8.27. The molecular formula is C16H23ClN2. The van der Waals surface area contributed by atoms with Gasteiger partial charge in [0.25, 0.3) is 0 Å². The molecule has 1 N–H and O–H groups in total. The number of hydrogen-bond acceptors (Lipinski definition) is 2. The minimum absolute atomic E-state index is 0.269. The molecule has 0 spiro atoms. The lowest BCUT2D eigenvalue weighted by atomic mass is 10.0. The minimum Gasteiger partial charge on any atom is -0.313 e. The lowest BCUT2D eigenvalue weighted by molar-refractivity contribution is 0.311. The summed E-state index contributed by atoms with van der Waals surface area (Å²) in [6.45, 7) is 10.3. The molecule has 0 aliphatic rings. The Balaban J connectivity index is 2.64. The van der Waals surface area contributed by atoms with Gasteiger partial charge in [0.2, 0.25) is 0 Å². The van der Waals surface area contributed by atoms with Crippen molar-refractivity contribution in [2.24, 2.45) is 0 Å². The average Bonchev–Trinajstić information content (AvgIpc) is 2.41. The van der Waals surface area contributed by atoms with Crippen LogP contribution in [0.2, 0.25) is 5.02 Å². The van der Waals surface area contributed by atoms with E-state index in [1.807, 2.05) is 37.4 Å². The van der Waals surface area contributed by atoms with Crippen molar-refractivity contribution in [2.45, 2.75) is 12.5 Å². The van der Waals surface area contributed by atoms with Crippen LogP contribution in [0.1, 0.15) is 18.0 Å². The van der Waals surface area contributed by atoms with Crippen molar-refractivity contribution >= 4 is 11.6 Å². The zero-order chi connectivity index (χ0) is 14.1. The van der Waals surface area contributed by atoms with E-state index in [0.29, 0.717) is 0 Å². The molecule has 0 heterocycles. The van der Waals surface area contributed by atoms with E-state index in [4.69, 9.17) is 11.6 Å². The Morgan fingerprint density at radius 1 is 1.26 bits per heavy atom. The lowest BCUT2D eigenvalue weighted by Crippen LogP contribution is -2.29. The van der Waals surface area contributed by atoms with Crippen LogP contribution in [0.4, 0.5) is 0 Å². The molecular weight excluding hydrogens is 256 g/mol. The quantitative estimate of drug-likeness (QED) is 0.694. The Kier molecular flexibility index (Phi) is 7.49. The number of nitrogens with one attached hydrogen (secondary N) is 1. The van der Waals surface area contributed by atoms with Gasteiger partial charge in [0.15, 0.2) is 0 Å². The molecule has 1 unspecified atom stereocenters. The van der Waals surface area contributed by atoms with Crippen LogP contribution in [0.25, 0.3) is 0 Å². The Labute approximate surface area is 121 Å². The van der Waals surface area contributed by atoms with E-state index < -0.39 is 0 Å². The third-order valence-electron chi connectivity index (χ3n) is 3.14. The molecule has 19 heavy (non-hydrogen) atoms. The lowest BCUT2D eigenvalue weighted by Gasteiger charge is -2.23. The number of hydrogen-bond donors (Lipinski definition) is 1. The Morgan fingerprint density at radius 2 is 1.89 bits per heavy atom. The van der Waals surface area contributed by atoms with Gasteiger partial charge in [-0.2, -0.15) is 0 Å². The molecule has 104 valence electrons. The van der Waals surface area contributed by atoms with E-state index in [-0.39, 0.29) is 6.04 Å². The van der Waals surface area contributed by atoms with Crippen molar-refractivity contribution in [3.8, 4) is 0 Å². The fourth-order valence-corrected chi connectivity index (χ4v) is 2.41. The first-order chi connectivity index (χ1) is 9.22. The highest BCUT2D eigenvalue weighted by Crippen LogP contribution is 2.24. The van der Waals surface area contributed by atoms with Gasteiger partial charge in [-0.05, 0) is 25.1 Å². The second-order valence-electron chi connectivity index (χ2n) is 4.49. The van der Waals surface area contributed by atoms with E-state index in [9.17, 15) is 0 Å². The summed E-state index contributed by atoms with van der Waals surface area (Å²) >= 11 is 6.25. The predicted molar refractivity (Wildman–Crippen MR) is 84.7 cm³/mol. The molecule has 0 fully saturated rings. The highest BCUT2D eigenvalue weighted by molar-refractivity contribution is 6.31. The third-order valence-corrected chi connectivity index (χ3v) is 3.48. The molecule has 0 saturated heterocycles. The van der Waals surface area contributed by atoms with E-state index >= 15 is 0 Å². The van der Waals surface area contributed by atoms with Crippen LogP contribution < -0.4 is 5.32 Å². The molecule has 1 rings (SSSR count). The van der Waals surface area contributed by atoms with Gasteiger partial charge in [-0.3, -0.25) is 4.90 Å². The first kappa shape index (κ1) is 16.0. The fraction of sp³-hybridized carbons (Fsp3) is 0.375. The summed E-state index contributed by atoms with van der Waals surface area (Å²) in [5.74, 6) is 0. The second kappa shape index (κ2) is 8.92. The Morgan fingerprint density at radius 3 is 2.42 bits per heavy atom.